The fourth-order valence-corrected chi connectivity index (χ4v) is 4.28. The largest absolute Gasteiger partial charge is 0.453 e. The molecule has 0 bridgehead atoms. The summed E-state index contributed by atoms with van der Waals surface area (Å²) in [4.78, 5) is 0.165. The predicted molar refractivity (Wildman–Crippen MR) is 93.7 cm³/mol. The van der Waals surface area contributed by atoms with E-state index >= 15 is 0 Å². The highest BCUT2D eigenvalue weighted by molar-refractivity contribution is 7.93. The van der Waals surface area contributed by atoms with Crippen molar-refractivity contribution in [2.24, 2.45) is 0 Å². The van der Waals surface area contributed by atoms with Crippen LogP contribution in [0.25, 0.3) is 0 Å². The first-order valence-electron chi connectivity index (χ1n) is 7.24. The fourth-order valence-electron chi connectivity index (χ4n) is 2.64. The lowest BCUT2D eigenvalue weighted by atomic mass is 10.2. The van der Waals surface area contributed by atoms with Crippen LogP contribution >= 0.6 is 11.6 Å². The first-order chi connectivity index (χ1) is 11.6. The van der Waals surface area contributed by atoms with Gasteiger partial charge in [0.05, 0.1) is 4.90 Å². The monoisotopic (exact) mass is 357 g/mol. The van der Waals surface area contributed by atoms with Gasteiger partial charge in [-0.2, -0.15) is 0 Å². The molecule has 0 saturated carbocycles. The average molecular weight is 358 g/mol. The second-order valence-corrected chi connectivity index (χ2v) is 7.48. The van der Waals surface area contributed by atoms with E-state index < -0.39 is 10.0 Å². The number of para-hydroxylation sites is 4. The zero-order valence-electron chi connectivity index (χ0n) is 12.4. The van der Waals surface area contributed by atoms with Gasteiger partial charge in [0, 0.05) is 5.02 Å². The van der Waals surface area contributed by atoms with Crippen LogP contribution in [-0.2, 0) is 10.0 Å². The van der Waals surface area contributed by atoms with Crippen LogP contribution in [-0.4, -0.2) is 8.42 Å². The van der Waals surface area contributed by atoms with Gasteiger partial charge in [0.1, 0.15) is 11.4 Å². The first-order valence-corrected chi connectivity index (χ1v) is 9.06. The molecule has 120 valence electrons. The van der Waals surface area contributed by atoms with Crippen LogP contribution in [0.1, 0.15) is 0 Å². The molecule has 0 radical (unpaired) electrons. The second kappa shape index (κ2) is 5.54. The van der Waals surface area contributed by atoms with Gasteiger partial charge in [-0.05, 0) is 48.5 Å². The molecule has 1 aliphatic heterocycles. The third-order valence-corrected chi connectivity index (χ3v) is 5.73. The van der Waals surface area contributed by atoms with E-state index in [0.29, 0.717) is 27.9 Å². The van der Waals surface area contributed by atoms with E-state index in [9.17, 15) is 8.42 Å². The molecule has 3 aromatic carbocycles. The Hall–Kier alpha value is -2.50. The van der Waals surface area contributed by atoms with Gasteiger partial charge in [-0.1, -0.05) is 35.9 Å². The Labute approximate surface area is 144 Å². The summed E-state index contributed by atoms with van der Waals surface area (Å²) in [5.41, 5.74) is 0.956. The van der Waals surface area contributed by atoms with Gasteiger partial charge in [0.15, 0.2) is 11.5 Å². The number of sulfonamides is 1. The van der Waals surface area contributed by atoms with Crippen molar-refractivity contribution in [3.05, 3.63) is 77.8 Å². The second-order valence-electron chi connectivity index (χ2n) is 5.26. The summed E-state index contributed by atoms with van der Waals surface area (Å²) in [5.74, 6) is 0.988. The van der Waals surface area contributed by atoms with Gasteiger partial charge in [-0.15, -0.1) is 0 Å². The highest BCUT2D eigenvalue weighted by Gasteiger charge is 2.34. The predicted octanol–water partition coefficient (Wildman–Crippen LogP) is 4.97. The summed E-state index contributed by atoms with van der Waals surface area (Å²) in [5, 5.41) is 0.483. The number of rotatable bonds is 2. The van der Waals surface area contributed by atoms with Crippen LogP contribution < -0.4 is 9.04 Å². The van der Waals surface area contributed by atoms with Crippen molar-refractivity contribution in [3.63, 3.8) is 0 Å². The number of halogens is 1. The van der Waals surface area contributed by atoms with Crippen molar-refractivity contribution >= 4 is 33.0 Å². The molecule has 0 saturated heterocycles. The number of hydrogen-bond acceptors (Lipinski definition) is 3. The van der Waals surface area contributed by atoms with Gasteiger partial charge in [0.2, 0.25) is 0 Å². The Bertz CT molecular complexity index is 971. The molecule has 4 nitrogen and oxygen atoms in total. The van der Waals surface area contributed by atoms with E-state index in [1.54, 1.807) is 60.7 Å². The lowest BCUT2D eigenvalue weighted by molar-refractivity contribution is 0.476. The van der Waals surface area contributed by atoms with Crippen molar-refractivity contribution in [2.45, 2.75) is 4.90 Å². The Morgan fingerprint density at radius 3 is 1.79 bits per heavy atom. The van der Waals surface area contributed by atoms with Crippen molar-refractivity contribution in [1.82, 2.24) is 0 Å². The van der Waals surface area contributed by atoms with Crippen LogP contribution in [0.3, 0.4) is 0 Å². The standard InChI is InChI=1S/C18H12ClNO3S/c19-13-9-11-14(12-10-13)24(21,22)20-15-5-1-3-7-17(15)23-18-8-4-2-6-16(18)20/h1-12H. The molecular formula is C18H12ClNO3S. The molecule has 1 heterocycles. The SMILES string of the molecule is O=S(=O)(c1ccc(Cl)cc1)N1c2ccccc2Oc2ccccc21. The Morgan fingerprint density at radius 2 is 1.25 bits per heavy atom. The molecule has 0 spiro atoms. The van der Waals surface area contributed by atoms with Gasteiger partial charge in [-0.25, -0.2) is 12.7 Å². The van der Waals surface area contributed by atoms with E-state index in [1.807, 2.05) is 0 Å². The maximum Gasteiger partial charge on any atom is 0.268 e. The van der Waals surface area contributed by atoms with E-state index in [1.165, 1.54) is 16.4 Å². The summed E-state index contributed by atoms with van der Waals surface area (Å²) < 4.78 is 33.6. The molecule has 0 unspecified atom stereocenters. The molecule has 3 aromatic rings. The van der Waals surface area contributed by atoms with E-state index in [-0.39, 0.29) is 4.90 Å². The van der Waals surface area contributed by atoms with Crippen LogP contribution in [0.15, 0.2) is 77.7 Å². The minimum Gasteiger partial charge on any atom is -0.453 e. The van der Waals surface area contributed by atoms with Crippen LogP contribution in [0, 0.1) is 0 Å². The van der Waals surface area contributed by atoms with E-state index in [2.05, 4.69) is 0 Å². The molecule has 24 heavy (non-hydrogen) atoms. The number of benzene rings is 3. The average Bonchev–Trinajstić information content (AvgIpc) is 2.59. The number of fused-ring (bicyclic) bond motifs is 2. The molecule has 0 aromatic heterocycles. The molecule has 6 heteroatoms. The fraction of sp³-hybridized carbons (Fsp3) is 0. The third-order valence-electron chi connectivity index (χ3n) is 3.74. The number of hydrogen-bond donors (Lipinski definition) is 0. The summed E-state index contributed by atoms with van der Waals surface area (Å²) in [6, 6.07) is 20.2. The highest BCUT2D eigenvalue weighted by Crippen LogP contribution is 2.48. The van der Waals surface area contributed by atoms with Crippen LogP contribution in [0.4, 0.5) is 11.4 Å². The maximum atomic E-state index is 13.3. The quantitative estimate of drug-likeness (QED) is 0.650. The van der Waals surface area contributed by atoms with Crippen molar-refractivity contribution in [1.29, 1.82) is 0 Å². The topological polar surface area (TPSA) is 46.6 Å². The summed E-state index contributed by atoms with van der Waals surface area (Å²) >= 11 is 5.88. The number of anilines is 2. The molecular weight excluding hydrogens is 346 g/mol. The first kappa shape index (κ1) is 15.1. The number of ether oxygens (including phenoxy) is 1. The van der Waals surface area contributed by atoms with Crippen molar-refractivity contribution in [3.8, 4) is 11.5 Å². The molecule has 4 rings (SSSR count). The molecule has 0 amide bonds. The molecule has 1 aliphatic rings. The van der Waals surface area contributed by atoms with Crippen LogP contribution in [0.2, 0.25) is 5.02 Å². The van der Waals surface area contributed by atoms with Gasteiger partial charge < -0.3 is 4.74 Å². The van der Waals surface area contributed by atoms with Gasteiger partial charge >= 0.3 is 0 Å². The summed E-state index contributed by atoms with van der Waals surface area (Å²) in [7, 11) is -3.81. The van der Waals surface area contributed by atoms with E-state index in [4.69, 9.17) is 16.3 Å². The zero-order valence-corrected chi connectivity index (χ0v) is 14.0. The lowest BCUT2D eigenvalue weighted by Crippen LogP contribution is -2.28. The smallest absolute Gasteiger partial charge is 0.268 e. The maximum absolute atomic E-state index is 13.3. The lowest BCUT2D eigenvalue weighted by Gasteiger charge is -2.31. The van der Waals surface area contributed by atoms with Gasteiger partial charge in [0.25, 0.3) is 10.0 Å². The summed E-state index contributed by atoms with van der Waals surface area (Å²) in [6.45, 7) is 0. The molecule has 0 aliphatic carbocycles. The highest BCUT2D eigenvalue weighted by atomic mass is 35.5. The molecule has 0 atom stereocenters. The Balaban J connectivity index is 1.96. The van der Waals surface area contributed by atoms with Gasteiger partial charge in [-0.3, -0.25) is 0 Å². The zero-order chi connectivity index (χ0) is 16.7. The van der Waals surface area contributed by atoms with Crippen LogP contribution in [0.5, 0.6) is 11.5 Å². The Kier molecular flexibility index (Phi) is 3.48. The van der Waals surface area contributed by atoms with Crippen molar-refractivity contribution < 1.29 is 13.2 Å². The molecule has 0 fully saturated rings. The number of nitrogens with zero attached hydrogens (tertiary/aromatic N) is 1. The molecule has 0 N–H and O–H groups in total. The minimum absolute atomic E-state index is 0.165. The Morgan fingerprint density at radius 1 is 0.750 bits per heavy atom. The third kappa shape index (κ3) is 2.33. The van der Waals surface area contributed by atoms with Crippen molar-refractivity contribution in [2.75, 3.05) is 4.31 Å². The summed E-state index contributed by atoms with van der Waals surface area (Å²) in [6.07, 6.45) is 0. The minimum atomic E-state index is -3.81. The normalized spacial score (nSPS) is 13.0. The van der Waals surface area contributed by atoms with E-state index in [0.717, 1.165) is 0 Å².